The minimum absolute atomic E-state index is 0.251. The van der Waals surface area contributed by atoms with Gasteiger partial charge in [-0.25, -0.2) is 0 Å². The molecule has 0 aromatic heterocycles. The van der Waals surface area contributed by atoms with Crippen LogP contribution >= 0.6 is 0 Å². The van der Waals surface area contributed by atoms with Crippen molar-refractivity contribution in [1.82, 2.24) is 5.32 Å². The maximum atomic E-state index is 7.26. The van der Waals surface area contributed by atoms with E-state index in [1.54, 1.807) is 0 Å². The number of hydrogen-bond donors (Lipinski definition) is 1. The Bertz CT molecular complexity index is 1140. The predicted octanol–water partition coefficient (Wildman–Crippen LogP) is 6.84. The van der Waals surface area contributed by atoms with Gasteiger partial charge in [0.25, 0.3) is 0 Å². The van der Waals surface area contributed by atoms with E-state index in [1.165, 1.54) is 39.1 Å². The lowest BCUT2D eigenvalue weighted by molar-refractivity contribution is 0.0642. The lowest BCUT2D eigenvalue weighted by Gasteiger charge is -2.45. The van der Waals surface area contributed by atoms with Crippen LogP contribution in [0.1, 0.15) is 24.0 Å². The van der Waals surface area contributed by atoms with Crippen LogP contribution in [0.25, 0.3) is 21.5 Å². The zero-order chi connectivity index (χ0) is 21.5. The summed E-state index contributed by atoms with van der Waals surface area (Å²) in [5.74, 6) is 0. The highest BCUT2D eigenvalue weighted by atomic mass is 28.4. The lowest BCUT2D eigenvalue weighted by atomic mass is 9.78. The molecule has 0 aliphatic carbocycles. The van der Waals surface area contributed by atoms with Crippen LogP contribution in [0.5, 0.6) is 0 Å². The summed E-state index contributed by atoms with van der Waals surface area (Å²) in [5.41, 5.74) is 2.00. The molecule has 0 spiro atoms. The Hall–Kier alpha value is -2.46. The van der Waals surface area contributed by atoms with E-state index < -0.39 is 13.9 Å². The molecule has 4 aromatic carbocycles. The van der Waals surface area contributed by atoms with Gasteiger partial charge in [0, 0.05) is 6.04 Å². The first-order valence-corrected chi connectivity index (χ1v) is 14.8. The molecular formula is C28H31NOSi. The molecule has 31 heavy (non-hydrogen) atoms. The standard InChI is InChI=1S/C28H31NOSi/c1-31(2,3)30-28(27-13-8-18-29-27,25-16-14-21-9-4-6-11-23(21)19-25)26-17-15-22-10-5-7-12-24(22)20-26/h4-7,9-12,14-17,19-20,27,29H,8,13,18H2,1-3H3/t27-/m1/s1. The molecule has 1 fully saturated rings. The van der Waals surface area contributed by atoms with Crippen LogP contribution in [0.4, 0.5) is 0 Å². The predicted molar refractivity (Wildman–Crippen MR) is 134 cm³/mol. The third kappa shape index (κ3) is 3.82. The summed E-state index contributed by atoms with van der Waals surface area (Å²) in [5, 5.41) is 8.88. The quantitative estimate of drug-likeness (QED) is 0.353. The van der Waals surface area contributed by atoms with E-state index in [0.717, 1.165) is 13.0 Å². The Morgan fingerprint density at radius 2 is 1.26 bits per heavy atom. The average molecular weight is 426 g/mol. The van der Waals surface area contributed by atoms with Gasteiger partial charge >= 0.3 is 0 Å². The zero-order valence-electron chi connectivity index (χ0n) is 18.7. The summed E-state index contributed by atoms with van der Waals surface area (Å²) < 4.78 is 7.26. The van der Waals surface area contributed by atoms with Gasteiger partial charge < -0.3 is 9.74 Å². The minimum atomic E-state index is -1.90. The van der Waals surface area contributed by atoms with Crippen LogP contribution in [0, 0.1) is 0 Å². The van der Waals surface area contributed by atoms with Crippen molar-refractivity contribution in [3.8, 4) is 0 Å². The SMILES string of the molecule is C[Si](C)(C)OC(c1ccc2ccccc2c1)(c1ccc2ccccc2c1)[C@H]1CCCN1. The molecule has 158 valence electrons. The zero-order valence-corrected chi connectivity index (χ0v) is 19.7. The van der Waals surface area contributed by atoms with Gasteiger partial charge in [-0.2, -0.15) is 0 Å². The first-order valence-electron chi connectivity index (χ1n) is 11.4. The number of rotatable bonds is 5. The minimum Gasteiger partial charge on any atom is -0.403 e. The van der Waals surface area contributed by atoms with Crippen molar-refractivity contribution in [3.05, 3.63) is 96.1 Å². The van der Waals surface area contributed by atoms with Crippen molar-refractivity contribution in [3.63, 3.8) is 0 Å². The fourth-order valence-electron chi connectivity index (χ4n) is 5.11. The third-order valence-electron chi connectivity index (χ3n) is 6.37. The number of fused-ring (bicyclic) bond motifs is 2. The van der Waals surface area contributed by atoms with E-state index in [2.05, 4.69) is 110 Å². The molecule has 4 aromatic rings. The van der Waals surface area contributed by atoms with E-state index in [9.17, 15) is 0 Å². The maximum Gasteiger partial charge on any atom is 0.185 e. The van der Waals surface area contributed by atoms with Crippen LogP contribution in [0.2, 0.25) is 19.6 Å². The average Bonchev–Trinajstić information content (AvgIpc) is 3.31. The monoisotopic (exact) mass is 425 g/mol. The Morgan fingerprint density at radius 3 is 1.71 bits per heavy atom. The van der Waals surface area contributed by atoms with Crippen molar-refractivity contribution < 1.29 is 4.43 Å². The highest BCUT2D eigenvalue weighted by molar-refractivity contribution is 6.69. The molecule has 1 heterocycles. The molecule has 1 aliphatic heterocycles. The molecule has 1 atom stereocenters. The van der Waals surface area contributed by atoms with Crippen LogP contribution in [-0.2, 0) is 10.0 Å². The molecule has 0 radical (unpaired) electrons. The van der Waals surface area contributed by atoms with E-state index >= 15 is 0 Å². The van der Waals surface area contributed by atoms with Gasteiger partial charge in [-0.1, -0.05) is 72.8 Å². The fraction of sp³-hybridized carbons (Fsp3) is 0.286. The second kappa shape index (κ2) is 7.90. The summed E-state index contributed by atoms with van der Waals surface area (Å²) in [6.07, 6.45) is 2.30. The number of benzene rings is 4. The first-order chi connectivity index (χ1) is 15.0. The molecule has 0 saturated carbocycles. The van der Waals surface area contributed by atoms with Crippen LogP contribution in [-0.4, -0.2) is 20.9 Å². The molecule has 1 saturated heterocycles. The van der Waals surface area contributed by atoms with Gasteiger partial charge in [-0.05, 0) is 83.8 Å². The second-order valence-corrected chi connectivity index (χ2v) is 14.2. The van der Waals surface area contributed by atoms with Crippen molar-refractivity contribution in [2.24, 2.45) is 0 Å². The van der Waals surface area contributed by atoms with Gasteiger partial charge in [0.1, 0.15) is 5.60 Å². The Morgan fingerprint density at radius 1 is 0.742 bits per heavy atom. The molecule has 3 heteroatoms. The summed E-state index contributed by atoms with van der Waals surface area (Å²) in [6.45, 7) is 7.96. The molecule has 0 amide bonds. The Kier molecular flexibility index (Phi) is 5.21. The summed E-state index contributed by atoms with van der Waals surface area (Å²) in [7, 11) is -1.90. The lowest BCUT2D eigenvalue weighted by Crippen LogP contribution is -2.53. The largest absolute Gasteiger partial charge is 0.403 e. The van der Waals surface area contributed by atoms with Crippen molar-refractivity contribution >= 4 is 29.9 Å². The van der Waals surface area contributed by atoms with Gasteiger partial charge in [0.15, 0.2) is 8.32 Å². The summed E-state index contributed by atoms with van der Waals surface area (Å²) in [4.78, 5) is 0. The van der Waals surface area contributed by atoms with Crippen molar-refractivity contribution in [1.29, 1.82) is 0 Å². The van der Waals surface area contributed by atoms with Gasteiger partial charge in [0.05, 0.1) is 0 Å². The van der Waals surface area contributed by atoms with E-state index in [0.29, 0.717) is 0 Å². The highest BCUT2D eigenvalue weighted by Crippen LogP contribution is 2.44. The third-order valence-corrected chi connectivity index (χ3v) is 7.31. The van der Waals surface area contributed by atoms with E-state index in [4.69, 9.17) is 4.43 Å². The maximum absolute atomic E-state index is 7.26. The smallest absolute Gasteiger partial charge is 0.185 e. The fourth-order valence-corrected chi connectivity index (χ4v) is 6.46. The van der Waals surface area contributed by atoms with Crippen molar-refractivity contribution in [2.45, 2.75) is 44.1 Å². The highest BCUT2D eigenvalue weighted by Gasteiger charge is 2.47. The van der Waals surface area contributed by atoms with Crippen LogP contribution < -0.4 is 5.32 Å². The molecule has 2 nitrogen and oxygen atoms in total. The number of nitrogens with one attached hydrogen (secondary N) is 1. The molecule has 0 unspecified atom stereocenters. The molecule has 1 aliphatic rings. The van der Waals surface area contributed by atoms with Gasteiger partial charge in [0.2, 0.25) is 0 Å². The van der Waals surface area contributed by atoms with Gasteiger partial charge in [-0.3, -0.25) is 0 Å². The van der Waals surface area contributed by atoms with Crippen molar-refractivity contribution in [2.75, 3.05) is 6.54 Å². The summed E-state index contributed by atoms with van der Waals surface area (Å²) >= 11 is 0. The molecule has 1 N–H and O–H groups in total. The molecular weight excluding hydrogens is 394 g/mol. The van der Waals surface area contributed by atoms with Gasteiger partial charge in [-0.15, -0.1) is 0 Å². The summed E-state index contributed by atoms with van der Waals surface area (Å²) in [6, 6.07) is 31.3. The van der Waals surface area contributed by atoms with E-state index in [1.807, 2.05) is 0 Å². The topological polar surface area (TPSA) is 21.3 Å². The Balaban J connectivity index is 1.79. The second-order valence-electron chi connectivity index (χ2n) is 9.72. The van der Waals surface area contributed by atoms with Crippen LogP contribution in [0.3, 0.4) is 0 Å². The Labute approximate surface area is 186 Å². The van der Waals surface area contributed by atoms with Crippen LogP contribution in [0.15, 0.2) is 84.9 Å². The first kappa shape index (κ1) is 20.4. The molecule has 5 rings (SSSR count). The van der Waals surface area contributed by atoms with E-state index in [-0.39, 0.29) is 6.04 Å². The number of hydrogen-bond acceptors (Lipinski definition) is 2. The molecule has 0 bridgehead atoms. The normalized spacial score (nSPS) is 17.5.